The summed E-state index contributed by atoms with van der Waals surface area (Å²) in [5.41, 5.74) is 2.83. The third kappa shape index (κ3) is 3.36. The van der Waals surface area contributed by atoms with E-state index in [4.69, 9.17) is 0 Å². The predicted molar refractivity (Wildman–Crippen MR) is 83.3 cm³/mol. The van der Waals surface area contributed by atoms with E-state index in [2.05, 4.69) is 23.1 Å². The van der Waals surface area contributed by atoms with Crippen molar-refractivity contribution < 1.29 is 13.2 Å². The second kappa shape index (κ2) is 6.40. The molecule has 6 heteroatoms. The lowest BCUT2D eigenvalue weighted by atomic mass is 10.1. The van der Waals surface area contributed by atoms with E-state index in [9.17, 15) is 13.2 Å². The van der Waals surface area contributed by atoms with E-state index in [1.807, 2.05) is 0 Å². The molecule has 0 fully saturated rings. The molecule has 120 valence electrons. The van der Waals surface area contributed by atoms with Crippen molar-refractivity contribution in [3.05, 3.63) is 53.6 Å². The molecule has 0 aliphatic carbocycles. The van der Waals surface area contributed by atoms with Crippen LogP contribution in [0.3, 0.4) is 0 Å². The number of hydrogen-bond donors (Lipinski definition) is 0. The summed E-state index contributed by atoms with van der Waals surface area (Å²) >= 11 is 0. The molecule has 0 saturated carbocycles. The van der Waals surface area contributed by atoms with Crippen molar-refractivity contribution >= 4 is 5.71 Å². The van der Waals surface area contributed by atoms with Crippen LogP contribution in [0, 0.1) is 5.82 Å². The quantitative estimate of drug-likeness (QED) is 0.802. The van der Waals surface area contributed by atoms with E-state index in [1.54, 1.807) is 17.1 Å². The van der Waals surface area contributed by atoms with Gasteiger partial charge in [-0.2, -0.15) is 5.10 Å². The fourth-order valence-corrected chi connectivity index (χ4v) is 2.50. The van der Waals surface area contributed by atoms with Gasteiger partial charge in [-0.05, 0) is 35.8 Å². The molecule has 0 saturated heterocycles. The minimum Gasteiger partial charge on any atom is -0.283 e. The van der Waals surface area contributed by atoms with Crippen LogP contribution in [0.2, 0.25) is 0 Å². The van der Waals surface area contributed by atoms with Crippen molar-refractivity contribution in [1.82, 2.24) is 9.78 Å². The molecule has 0 radical (unpaired) electrons. The van der Waals surface area contributed by atoms with Gasteiger partial charge in [0, 0.05) is 11.8 Å². The number of aliphatic imine (C=N–C) groups is 1. The fraction of sp³-hybridized carbons (Fsp3) is 0.294. The Morgan fingerprint density at radius 2 is 2.09 bits per heavy atom. The monoisotopic (exact) mass is 319 g/mol. The lowest BCUT2D eigenvalue weighted by Gasteiger charge is -2.04. The number of halogens is 3. The second-order valence-corrected chi connectivity index (χ2v) is 5.43. The van der Waals surface area contributed by atoms with Crippen LogP contribution < -0.4 is 0 Å². The number of hydrogen-bond acceptors (Lipinski definition) is 2. The summed E-state index contributed by atoms with van der Waals surface area (Å²) in [6.45, 7) is 3.35. The Kier molecular flexibility index (Phi) is 4.32. The molecule has 1 aromatic heterocycles. The first kappa shape index (κ1) is 15.5. The molecule has 0 unspecified atom stereocenters. The van der Waals surface area contributed by atoms with Crippen molar-refractivity contribution in [2.45, 2.75) is 26.3 Å². The molecule has 23 heavy (non-hydrogen) atoms. The summed E-state index contributed by atoms with van der Waals surface area (Å²) in [5.74, 6) is -0.895. The summed E-state index contributed by atoms with van der Waals surface area (Å²) in [7, 11) is 0. The van der Waals surface area contributed by atoms with Crippen molar-refractivity contribution in [1.29, 1.82) is 0 Å². The maximum Gasteiger partial charge on any atom is 0.266 e. The van der Waals surface area contributed by atoms with Crippen molar-refractivity contribution in [3.63, 3.8) is 0 Å². The lowest BCUT2D eigenvalue weighted by Crippen LogP contribution is -2.06. The van der Waals surface area contributed by atoms with E-state index in [1.165, 1.54) is 17.7 Å². The summed E-state index contributed by atoms with van der Waals surface area (Å²) in [5, 5.41) is 4.23. The van der Waals surface area contributed by atoms with Gasteiger partial charge in [0.15, 0.2) is 0 Å². The van der Waals surface area contributed by atoms with Gasteiger partial charge < -0.3 is 0 Å². The van der Waals surface area contributed by atoms with Gasteiger partial charge in [-0.3, -0.25) is 9.67 Å². The van der Waals surface area contributed by atoms with Gasteiger partial charge in [0.2, 0.25) is 0 Å². The zero-order chi connectivity index (χ0) is 16.4. The Balaban J connectivity index is 1.80. The smallest absolute Gasteiger partial charge is 0.266 e. The summed E-state index contributed by atoms with van der Waals surface area (Å²) in [6, 6.07) is 3.71. The molecule has 1 aromatic carbocycles. The molecule has 0 bridgehead atoms. The number of alkyl halides is 2. The Bertz CT molecular complexity index is 775. The van der Waals surface area contributed by atoms with E-state index in [0.717, 1.165) is 24.7 Å². The first-order valence-corrected chi connectivity index (χ1v) is 7.40. The molecule has 2 heterocycles. The second-order valence-electron chi connectivity index (χ2n) is 5.43. The highest BCUT2D eigenvalue weighted by Gasteiger charge is 2.15. The standard InChI is InChI=1S/C17H16F3N3/c1-2-11-5-14(21-7-11)10-23-9-13(8-22-23)12-3-4-16(18)15(6-12)17(19)20/h3-6,8-9,17H,2,7,10H2,1H3. The minimum absolute atomic E-state index is 0.520. The first-order chi connectivity index (χ1) is 11.1. The number of allylic oxidation sites excluding steroid dienone is 1. The maximum atomic E-state index is 13.4. The minimum atomic E-state index is -2.84. The topological polar surface area (TPSA) is 30.2 Å². The first-order valence-electron chi connectivity index (χ1n) is 7.40. The number of nitrogens with zero attached hydrogens (tertiary/aromatic N) is 3. The summed E-state index contributed by atoms with van der Waals surface area (Å²) in [4.78, 5) is 4.43. The maximum absolute atomic E-state index is 13.4. The molecule has 1 aliphatic rings. The Hall–Kier alpha value is -2.37. The highest BCUT2D eigenvalue weighted by atomic mass is 19.3. The van der Waals surface area contributed by atoms with Gasteiger partial charge in [0.1, 0.15) is 5.82 Å². The highest BCUT2D eigenvalue weighted by molar-refractivity contribution is 5.97. The van der Waals surface area contributed by atoms with Gasteiger partial charge in [-0.25, -0.2) is 13.2 Å². The van der Waals surface area contributed by atoms with Crippen LogP contribution in [0.1, 0.15) is 25.3 Å². The van der Waals surface area contributed by atoms with Crippen LogP contribution in [0.25, 0.3) is 11.1 Å². The number of benzene rings is 1. The third-order valence-corrected chi connectivity index (χ3v) is 3.83. The normalized spacial score (nSPS) is 14.3. The highest BCUT2D eigenvalue weighted by Crippen LogP contribution is 2.28. The van der Waals surface area contributed by atoms with Gasteiger partial charge in [-0.1, -0.05) is 13.0 Å². The van der Waals surface area contributed by atoms with Gasteiger partial charge in [0.05, 0.1) is 30.6 Å². The van der Waals surface area contributed by atoms with E-state index in [-0.39, 0.29) is 0 Å². The molecule has 2 aromatic rings. The SMILES string of the molecule is CCC1=CC(Cn2cc(-c3ccc(F)c(C(F)F)c3)cn2)=NC1. The van der Waals surface area contributed by atoms with Crippen LogP contribution in [0.4, 0.5) is 13.2 Å². The van der Waals surface area contributed by atoms with E-state index < -0.39 is 17.8 Å². The predicted octanol–water partition coefficient (Wildman–Crippen LogP) is 4.42. The van der Waals surface area contributed by atoms with Crippen LogP contribution in [-0.4, -0.2) is 22.0 Å². The molecule has 1 aliphatic heterocycles. The molecule has 3 nitrogen and oxygen atoms in total. The average Bonchev–Trinajstić information content (AvgIpc) is 3.17. The van der Waals surface area contributed by atoms with Crippen LogP contribution >= 0.6 is 0 Å². The number of aromatic nitrogens is 2. The molecular weight excluding hydrogens is 303 g/mol. The summed E-state index contributed by atoms with van der Waals surface area (Å²) in [6.07, 6.45) is 3.54. The largest absolute Gasteiger partial charge is 0.283 e. The third-order valence-electron chi connectivity index (χ3n) is 3.83. The van der Waals surface area contributed by atoms with E-state index >= 15 is 0 Å². The number of rotatable bonds is 5. The summed E-state index contributed by atoms with van der Waals surface area (Å²) < 4.78 is 40.6. The molecule has 3 rings (SSSR count). The van der Waals surface area contributed by atoms with Crippen molar-refractivity contribution in [2.75, 3.05) is 6.54 Å². The van der Waals surface area contributed by atoms with Crippen molar-refractivity contribution in [3.8, 4) is 11.1 Å². The van der Waals surface area contributed by atoms with Crippen LogP contribution in [0.5, 0.6) is 0 Å². The fourth-order valence-electron chi connectivity index (χ4n) is 2.50. The average molecular weight is 319 g/mol. The van der Waals surface area contributed by atoms with Gasteiger partial charge in [0.25, 0.3) is 6.43 Å². The van der Waals surface area contributed by atoms with Gasteiger partial charge >= 0.3 is 0 Å². The lowest BCUT2D eigenvalue weighted by molar-refractivity contribution is 0.146. The van der Waals surface area contributed by atoms with Crippen LogP contribution in [0.15, 0.2) is 47.2 Å². The molecule has 0 atom stereocenters. The Morgan fingerprint density at radius 3 is 2.78 bits per heavy atom. The Labute approximate surface area is 132 Å². The zero-order valence-corrected chi connectivity index (χ0v) is 12.6. The Morgan fingerprint density at radius 1 is 1.26 bits per heavy atom. The zero-order valence-electron chi connectivity index (χ0n) is 12.6. The molecule has 0 spiro atoms. The van der Waals surface area contributed by atoms with Crippen LogP contribution in [-0.2, 0) is 6.54 Å². The molecule has 0 amide bonds. The van der Waals surface area contributed by atoms with Crippen molar-refractivity contribution in [2.24, 2.45) is 4.99 Å². The van der Waals surface area contributed by atoms with E-state index in [0.29, 0.717) is 17.7 Å². The van der Waals surface area contributed by atoms with Gasteiger partial charge in [-0.15, -0.1) is 0 Å². The molecule has 0 N–H and O–H groups in total. The molecular formula is C17H16F3N3.